The van der Waals surface area contributed by atoms with Crippen LogP contribution in [-0.4, -0.2) is 16.8 Å². The summed E-state index contributed by atoms with van der Waals surface area (Å²) in [7, 11) is 0. The standard InChI is InChI=1S/C14H10ClNO3/c15-11-7-8(14(16)19)5-6-9(11)13(18)10-3-1-2-4-12(10)17/h1-7,17H,(H2,16,19). The van der Waals surface area contributed by atoms with Crippen LogP contribution in [0.3, 0.4) is 0 Å². The van der Waals surface area contributed by atoms with Crippen LogP contribution in [0, 0.1) is 0 Å². The van der Waals surface area contributed by atoms with Gasteiger partial charge in [-0.1, -0.05) is 23.7 Å². The van der Waals surface area contributed by atoms with Crippen LogP contribution in [0.2, 0.25) is 5.02 Å². The van der Waals surface area contributed by atoms with Crippen LogP contribution < -0.4 is 5.73 Å². The number of primary amides is 1. The van der Waals surface area contributed by atoms with E-state index >= 15 is 0 Å². The normalized spacial score (nSPS) is 10.2. The van der Waals surface area contributed by atoms with Gasteiger partial charge in [-0.2, -0.15) is 0 Å². The molecule has 5 heteroatoms. The minimum Gasteiger partial charge on any atom is -0.507 e. The van der Waals surface area contributed by atoms with E-state index in [9.17, 15) is 14.7 Å². The van der Waals surface area contributed by atoms with Gasteiger partial charge in [0.1, 0.15) is 5.75 Å². The maximum atomic E-state index is 12.2. The first-order chi connectivity index (χ1) is 9.00. The minimum absolute atomic E-state index is 0.115. The molecule has 0 aliphatic carbocycles. The number of amides is 1. The van der Waals surface area contributed by atoms with Gasteiger partial charge in [0.25, 0.3) is 0 Å². The van der Waals surface area contributed by atoms with E-state index in [1.54, 1.807) is 12.1 Å². The Labute approximate surface area is 114 Å². The summed E-state index contributed by atoms with van der Waals surface area (Å²) < 4.78 is 0. The summed E-state index contributed by atoms with van der Waals surface area (Å²) in [5, 5.41) is 9.75. The molecule has 0 saturated heterocycles. The van der Waals surface area contributed by atoms with Crippen molar-refractivity contribution < 1.29 is 14.7 Å². The molecule has 0 bridgehead atoms. The van der Waals surface area contributed by atoms with Crippen molar-refractivity contribution in [3.05, 3.63) is 64.2 Å². The SMILES string of the molecule is NC(=O)c1ccc(C(=O)c2ccccc2O)c(Cl)c1. The maximum absolute atomic E-state index is 12.2. The van der Waals surface area contributed by atoms with Crippen molar-refractivity contribution in [3.8, 4) is 5.75 Å². The molecule has 19 heavy (non-hydrogen) atoms. The van der Waals surface area contributed by atoms with Crippen LogP contribution in [-0.2, 0) is 0 Å². The second-order valence-electron chi connectivity index (χ2n) is 3.91. The van der Waals surface area contributed by atoms with E-state index < -0.39 is 11.7 Å². The number of ketones is 1. The first-order valence-corrected chi connectivity index (χ1v) is 5.80. The number of aromatic hydroxyl groups is 1. The Bertz CT molecular complexity index is 667. The molecule has 1 amide bonds. The third kappa shape index (κ3) is 2.58. The van der Waals surface area contributed by atoms with Crippen molar-refractivity contribution in [2.75, 3.05) is 0 Å². The van der Waals surface area contributed by atoms with Gasteiger partial charge in [-0.05, 0) is 30.3 Å². The van der Waals surface area contributed by atoms with Crippen LogP contribution in [0.5, 0.6) is 5.75 Å². The number of benzene rings is 2. The zero-order valence-corrected chi connectivity index (χ0v) is 10.5. The lowest BCUT2D eigenvalue weighted by atomic mass is 10.0. The zero-order chi connectivity index (χ0) is 14.0. The lowest BCUT2D eigenvalue weighted by molar-refractivity contribution is 0.0996. The summed E-state index contributed by atoms with van der Waals surface area (Å²) in [4.78, 5) is 23.2. The lowest BCUT2D eigenvalue weighted by Gasteiger charge is -2.06. The molecule has 0 aliphatic rings. The van der Waals surface area contributed by atoms with Gasteiger partial charge in [-0.3, -0.25) is 9.59 Å². The van der Waals surface area contributed by atoms with Gasteiger partial charge in [0.05, 0.1) is 10.6 Å². The third-order valence-corrected chi connectivity index (χ3v) is 2.96. The van der Waals surface area contributed by atoms with Gasteiger partial charge in [0, 0.05) is 11.1 Å². The number of nitrogens with two attached hydrogens (primary N) is 1. The van der Waals surface area contributed by atoms with E-state index in [-0.39, 0.29) is 27.5 Å². The predicted molar refractivity (Wildman–Crippen MR) is 71.5 cm³/mol. The largest absolute Gasteiger partial charge is 0.507 e. The Hall–Kier alpha value is -2.33. The van der Waals surface area contributed by atoms with E-state index in [0.29, 0.717) is 0 Å². The van der Waals surface area contributed by atoms with Crippen molar-refractivity contribution in [1.82, 2.24) is 0 Å². The summed E-state index contributed by atoms with van der Waals surface area (Å²) in [5.74, 6) is -1.16. The Morgan fingerprint density at radius 2 is 1.74 bits per heavy atom. The molecule has 0 spiro atoms. The van der Waals surface area contributed by atoms with Gasteiger partial charge >= 0.3 is 0 Å². The lowest BCUT2D eigenvalue weighted by Crippen LogP contribution is -2.11. The van der Waals surface area contributed by atoms with Gasteiger partial charge in [-0.25, -0.2) is 0 Å². The van der Waals surface area contributed by atoms with Crippen molar-refractivity contribution >= 4 is 23.3 Å². The quantitative estimate of drug-likeness (QED) is 0.844. The van der Waals surface area contributed by atoms with E-state index in [4.69, 9.17) is 17.3 Å². The highest BCUT2D eigenvalue weighted by atomic mass is 35.5. The Morgan fingerprint density at radius 1 is 1.05 bits per heavy atom. The second kappa shape index (κ2) is 5.12. The minimum atomic E-state index is -0.622. The Kier molecular flexibility index (Phi) is 3.53. The van der Waals surface area contributed by atoms with Gasteiger partial charge in [-0.15, -0.1) is 0 Å². The van der Waals surface area contributed by atoms with Crippen LogP contribution in [0.15, 0.2) is 42.5 Å². The van der Waals surface area contributed by atoms with Crippen LogP contribution >= 0.6 is 11.6 Å². The molecule has 0 unspecified atom stereocenters. The fourth-order valence-corrected chi connectivity index (χ4v) is 1.93. The summed E-state index contributed by atoms with van der Waals surface area (Å²) in [6.45, 7) is 0. The highest BCUT2D eigenvalue weighted by Gasteiger charge is 2.16. The zero-order valence-electron chi connectivity index (χ0n) is 9.76. The fourth-order valence-electron chi connectivity index (χ4n) is 1.66. The van der Waals surface area contributed by atoms with Crippen molar-refractivity contribution in [2.24, 2.45) is 5.73 Å². The van der Waals surface area contributed by atoms with Gasteiger partial charge < -0.3 is 10.8 Å². The number of rotatable bonds is 3. The molecule has 2 aromatic rings. The smallest absolute Gasteiger partial charge is 0.248 e. The number of carbonyl (C=O) groups excluding carboxylic acids is 2. The summed E-state index contributed by atoms with van der Waals surface area (Å²) in [5.41, 5.74) is 5.69. The van der Waals surface area contributed by atoms with Crippen molar-refractivity contribution in [3.63, 3.8) is 0 Å². The third-order valence-electron chi connectivity index (χ3n) is 2.65. The van der Waals surface area contributed by atoms with E-state index in [0.717, 1.165) is 0 Å². The van der Waals surface area contributed by atoms with Crippen LogP contribution in [0.4, 0.5) is 0 Å². The van der Waals surface area contributed by atoms with Crippen molar-refractivity contribution in [2.45, 2.75) is 0 Å². The number of hydrogen-bond acceptors (Lipinski definition) is 3. The molecule has 0 fully saturated rings. The maximum Gasteiger partial charge on any atom is 0.248 e. The topological polar surface area (TPSA) is 80.4 Å². The molecule has 0 heterocycles. The van der Waals surface area contributed by atoms with Crippen LogP contribution in [0.1, 0.15) is 26.3 Å². The molecule has 2 rings (SSSR count). The molecule has 2 aromatic carbocycles. The fraction of sp³-hybridized carbons (Fsp3) is 0. The molecule has 0 saturated carbocycles. The molecular weight excluding hydrogens is 266 g/mol. The second-order valence-corrected chi connectivity index (χ2v) is 4.31. The van der Waals surface area contributed by atoms with E-state index in [1.165, 1.54) is 30.3 Å². The average molecular weight is 276 g/mol. The highest BCUT2D eigenvalue weighted by Crippen LogP contribution is 2.25. The summed E-state index contributed by atoms with van der Waals surface area (Å²) >= 11 is 5.96. The first kappa shape index (κ1) is 13.1. The average Bonchev–Trinajstić information content (AvgIpc) is 2.38. The highest BCUT2D eigenvalue weighted by molar-refractivity contribution is 6.35. The molecule has 0 radical (unpaired) electrons. The monoisotopic (exact) mass is 275 g/mol. The molecule has 0 aromatic heterocycles. The first-order valence-electron chi connectivity index (χ1n) is 5.42. The predicted octanol–water partition coefficient (Wildman–Crippen LogP) is 2.38. The van der Waals surface area contributed by atoms with E-state index in [1.807, 2.05) is 0 Å². The van der Waals surface area contributed by atoms with Crippen LogP contribution in [0.25, 0.3) is 0 Å². The van der Waals surface area contributed by atoms with E-state index in [2.05, 4.69) is 0 Å². The number of phenols is 1. The number of para-hydroxylation sites is 1. The summed E-state index contributed by atoms with van der Waals surface area (Å²) in [6.07, 6.45) is 0. The molecule has 3 N–H and O–H groups in total. The molecule has 0 atom stereocenters. The molecule has 4 nitrogen and oxygen atoms in total. The summed E-state index contributed by atoms with van der Waals surface area (Å²) in [6, 6.07) is 10.3. The Morgan fingerprint density at radius 3 is 2.32 bits per heavy atom. The molecule has 96 valence electrons. The number of hydrogen-bond donors (Lipinski definition) is 2. The number of phenolic OH excluding ortho intramolecular Hbond substituents is 1. The number of carbonyl (C=O) groups is 2. The molecular formula is C14H10ClNO3. The van der Waals surface area contributed by atoms with Gasteiger partial charge in [0.15, 0.2) is 5.78 Å². The number of halogens is 1. The molecule has 0 aliphatic heterocycles. The van der Waals surface area contributed by atoms with Gasteiger partial charge in [0.2, 0.25) is 5.91 Å². The Balaban J connectivity index is 2.46. The van der Waals surface area contributed by atoms with Crippen molar-refractivity contribution in [1.29, 1.82) is 0 Å².